The molecule has 0 aromatic heterocycles. The van der Waals surface area contributed by atoms with Crippen molar-refractivity contribution in [3.8, 4) is 5.75 Å². The first-order valence-electron chi connectivity index (χ1n) is 6.06. The number of amides is 1. The van der Waals surface area contributed by atoms with E-state index in [4.69, 9.17) is 16.7 Å². The highest BCUT2D eigenvalue weighted by Gasteiger charge is 2.11. The predicted molar refractivity (Wildman–Crippen MR) is 78.9 cm³/mol. The summed E-state index contributed by atoms with van der Waals surface area (Å²) < 4.78 is 0. The Morgan fingerprint density at radius 3 is 2.57 bits per heavy atom. The number of carboxylic acid groups (broad SMARTS) is 1. The summed E-state index contributed by atoms with van der Waals surface area (Å²) in [6.07, 6.45) is 0.0668. The van der Waals surface area contributed by atoms with Crippen LogP contribution in [-0.2, 0) is 11.2 Å². The van der Waals surface area contributed by atoms with E-state index >= 15 is 0 Å². The lowest BCUT2D eigenvalue weighted by Crippen LogP contribution is -2.15. The number of halogens is 1. The van der Waals surface area contributed by atoms with E-state index in [1.807, 2.05) is 0 Å². The number of hydrogen-bond acceptors (Lipinski definition) is 3. The molecule has 0 fully saturated rings. The van der Waals surface area contributed by atoms with E-state index < -0.39 is 5.97 Å². The van der Waals surface area contributed by atoms with Crippen molar-refractivity contribution in [3.05, 3.63) is 58.6 Å². The summed E-state index contributed by atoms with van der Waals surface area (Å²) in [5.41, 5.74) is 0.752. The van der Waals surface area contributed by atoms with Crippen molar-refractivity contribution in [1.29, 1.82) is 0 Å². The number of phenolic OH excluding ortho intramolecular Hbond substituents is 1. The minimum atomic E-state index is -1.14. The van der Waals surface area contributed by atoms with Crippen LogP contribution in [0.2, 0.25) is 5.02 Å². The first kappa shape index (κ1) is 14.9. The number of hydrogen-bond donors (Lipinski definition) is 3. The molecule has 2 aromatic carbocycles. The molecule has 0 atom stereocenters. The zero-order valence-corrected chi connectivity index (χ0v) is 11.6. The predicted octanol–water partition coefficient (Wildman–Crippen LogP) is 2.93. The number of aromatic carboxylic acids is 1. The quantitative estimate of drug-likeness (QED) is 0.758. The van der Waals surface area contributed by atoms with E-state index in [1.54, 1.807) is 24.3 Å². The van der Waals surface area contributed by atoms with Gasteiger partial charge in [0.05, 0.1) is 17.7 Å². The monoisotopic (exact) mass is 305 g/mol. The number of carbonyl (C=O) groups excluding carboxylic acids is 1. The minimum absolute atomic E-state index is 0.0224. The third-order valence-electron chi connectivity index (χ3n) is 2.77. The average molecular weight is 306 g/mol. The normalized spacial score (nSPS) is 10.1. The summed E-state index contributed by atoms with van der Waals surface area (Å²) in [5.74, 6) is -1.71. The summed E-state index contributed by atoms with van der Waals surface area (Å²) in [5, 5.41) is 21.5. The highest BCUT2D eigenvalue weighted by atomic mass is 35.5. The number of benzene rings is 2. The van der Waals surface area contributed by atoms with Crippen LogP contribution in [0.15, 0.2) is 42.5 Å². The first-order valence-corrected chi connectivity index (χ1v) is 6.44. The van der Waals surface area contributed by atoms with Crippen LogP contribution >= 0.6 is 11.6 Å². The number of rotatable bonds is 4. The second-order valence-electron chi connectivity index (χ2n) is 4.39. The van der Waals surface area contributed by atoms with E-state index in [-0.39, 0.29) is 29.3 Å². The van der Waals surface area contributed by atoms with Crippen LogP contribution in [0.1, 0.15) is 15.9 Å². The van der Waals surface area contributed by atoms with Crippen LogP contribution in [0, 0.1) is 0 Å². The molecule has 1 amide bonds. The Morgan fingerprint density at radius 1 is 1.14 bits per heavy atom. The fourth-order valence-corrected chi connectivity index (χ4v) is 2.01. The Hall–Kier alpha value is -2.53. The van der Waals surface area contributed by atoms with Gasteiger partial charge in [0, 0.05) is 5.02 Å². The van der Waals surface area contributed by atoms with Gasteiger partial charge < -0.3 is 15.5 Å². The van der Waals surface area contributed by atoms with Gasteiger partial charge in [-0.15, -0.1) is 0 Å². The number of phenols is 1. The standard InChI is InChI=1S/C15H12ClNO4/c16-11-3-1-2-9(6-11)7-14(19)17-12-8-10(15(20)21)4-5-13(12)18/h1-6,8,18H,7H2,(H,17,19)(H,20,21). The molecule has 0 saturated carbocycles. The van der Waals surface area contributed by atoms with Crippen molar-refractivity contribution in [2.24, 2.45) is 0 Å². The van der Waals surface area contributed by atoms with Gasteiger partial charge in [-0.1, -0.05) is 23.7 Å². The molecule has 2 aromatic rings. The Morgan fingerprint density at radius 2 is 1.90 bits per heavy atom. The van der Waals surface area contributed by atoms with Crippen LogP contribution in [0.25, 0.3) is 0 Å². The summed E-state index contributed by atoms with van der Waals surface area (Å²) in [4.78, 5) is 22.8. The Kier molecular flexibility index (Phi) is 4.45. The van der Waals surface area contributed by atoms with E-state index in [0.29, 0.717) is 10.6 Å². The van der Waals surface area contributed by atoms with Crippen LogP contribution in [-0.4, -0.2) is 22.1 Å². The maximum Gasteiger partial charge on any atom is 0.335 e. The fourth-order valence-electron chi connectivity index (χ4n) is 1.80. The molecule has 2 rings (SSSR count). The highest BCUT2D eigenvalue weighted by molar-refractivity contribution is 6.30. The highest BCUT2D eigenvalue weighted by Crippen LogP contribution is 2.24. The zero-order chi connectivity index (χ0) is 15.4. The van der Waals surface area contributed by atoms with Gasteiger partial charge in [-0.25, -0.2) is 4.79 Å². The van der Waals surface area contributed by atoms with Crippen molar-refractivity contribution in [3.63, 3.8) is 0 Å². The molecular formula is C15H12ClNO4. The second kappa shape index (κ2) is 6.28. The summed E-state index contributed by atoms with van der Waals surface area (Å²) >= 11 is 5.83. The molecule has 3 N–H and O–H groups in total. The Labute approximate surface area is 125 Å². The third-order valence-corrected chi connectivity index (χ3v) is 3.01. The Balaban J connectivity index is 2.12. The zero-order valence-electron chi connectivity index (χ0n) is 10.8. The smallest absolute Gasteiger partial charge is 0.335 e. The van der Waals surface area contributed by atoms with Gasteiger partial charge in [0.1, 0.15) is 5.75 Å². The summed E-state index contributed by atoms with van der Waals surface area (Å²) in [6, 6.07) is 10.5. The maximum absolute atomic E-state index is 11.9. The number of anilines is 1. The van der Waals surface area contributed by atoms with Crippen LogP contribution in [0.5, 0.6) is 5.75 Å². The molecule has 0 heterocycles. The molecule has 0 spiro atoms. The molecule has 0 radical (unpaired) electrons. The maximum atomic E-state index is 11.9. The molecule has 0 aliphatic rings. The van der Waals surface area contributed by atoms with Crippen molar-refractivity contribution >= 4 is 29.2 Å². The third kappa shape index (κ3) is 3.97. The molecule has 0 aliphatic carbocycles. The molecule has 0 bridgehead atoms. The molecule has 0 unspecified atom stereocenters. The second-order valence-corrected chi connectivity index (χ2v) is 4.83. The largest absolute Gasteiger partial charge is 0.506 e. The summed E-state index contributed by atoms with van der Waals surface area (Å²) in [6.45, 7) is 0. The Bertz CT molecular complexity index is 700. The van der Waals surface area contributed by atoms with E-state index in [0.717, 1.165) is 0 Å². The number of nitrogens with one attached hydrogen (secondary N) is 1. The SMILES string of the molecule is O=C(Cc1cccc(Cl)c1)Nc1cc(C(=O)O)ccc1O. The number of carboxylic acids is 1. The van der Waals surface area contributed by atoms with Gasteiger partial charge in [-0.2, -0.15) is 0 Å². The molecule has 0 aliphatic heterocycles. The van der Waals surface area contributed by atoms with Crippen LogP contribution < -0.4 is 5.32 Å². The molecular weight excluding hydrogens is 294 g/mol. The molecule has 108 valence electrons. The topological polar surface area (TPSA) is 86.6 Å². The summed E-state index contributed by atoms with van der Waals surface area (Å²) in [7, 11) is 0. The number of carbonyl (C=O) groups is 2. The molecule has 21 heavy (non-hydrogen) atoms. The average Bonchev–Trinajstić information content (AvgIpc) is 2.41. The molecule has 6 heteroatoms. The van der Waals surface area contributed by atoms with Gasteiger partial charge >= 0.3 is 5.97 Å². The van der Waals surface area contributed by atoms with Crippen molar-refractivity contribution in [2.75, 3.05) is 5.32 Å². The number of aromatic hydroxyl groups is 1. The van der Waals surface area contributed by atoms with Gasteiger partial charge in [0.15, 0.2) is 0 Å². The van der Waals surface area contributed by atoms with Crippen LogP contribution in [0.3, 0.4) is 0 Å². The molecule has 0 saturated heterocycles. The van der Waals surface area contributed by atoms with Gasteiger partial charge in [0.2, 0.25) is 5.91 Å². The van der Waals surface area contributed by atoms with Crippen LogP contribution in [0.4, 0.5) is 5.69 Å². The lowest BCUT2D eigenvalue weighted by atomic mass is 10.1. The van der Waals surface area contributed by atoms with Crippen molar-refractivity contribution in [2.45, 2.75) is 6.42 Å². The lowest BCUT2D eigenvalue weighted by Gasteiger charge is -2.08. The van der Waals surface area contributed by atoms with Gasteiger partial charge in [-0.3, -0.25) is 4.79 Å². The van der Waals surface area contributed by atoms with Crippen molar-refractivity contribution in [1.82, 2.24) is 0 Å². The lowest BCUT2D eigenvalue weighted by molar-refractivity contribution is -0.115. The van der Waals surface area contributed by atoms with E-state index in [9.17, 15) is 14.7 Å². The van der Waals surface area contributed by atoms with Crippen molar-refractivity contribution < 1.29 is 19.8 Å². The minimum Gasteiger partial charge on any atom is -0.506 e. The first-order chi connectivity index (χ1) is 9.95. The molecule has 5 nitrogen and oxygen atoms in total. The fraction of sp³-hybridized carbons (Fsp3) is 0.0667. The van der Waals surface area contributed by atoms with E-state index in [1.165, 1.54) is 18.2 Å². The van der Waals surface area contributed by atoms with Gasteiger partial charge in [-0.05, 0) is 35.9 Å². The van der Waals surface area contributed by atoms with Gasteiger partial charge in [0.25, 0.3) is 0 Å². The van der Waals surface area contributed by atoms with E-state index in [2.05, 4.69) is 5.32 Å².